The van der Waals surface area contributed by atoms with E-state index in [2.05, 4.69) is 43.8 Å². The van der Waals surface area contributed by atoms with Crippen molar-refractivity contribution in [2.45, 2.75) is 18.9 Å². The number of piperidine rings is 1. The molecule has 4 rings (SSSR count). The molecule has 26 heavy (non-hydrogen) atoms. The third kappa shape index (κ3) is 3.17. The van der Waals surface area contributed by atoms with Gasteiger partial charge < -0.3 is 14.8 Å². The van der Waals surface area contributed by atoms with Crippen LogP contribution in [0.2, 0.25) is 0 Å². The van der Waals surface area contributed by atoms with Gasteiger partial charge in [0, 0.05) is 37.1 Å². The summed E-state index contributed by atoms with van der Waals surface area (Å²) in [7, 11) is 4.27. The molecule has 1 saturated heterocycles. The van der Waals surface area contributed by atoms with Gasteiger partial charge in [0.1, 0.15) is 5.82 Å². The number of hydrogen-bond acceptors (Lipinski definition) is 6. The van der Waals surface area contributed by atoms with Crippen LogP contribution < -0.4 is 4.90 Å². The quantitative estimate of drug-likeness (QED) is 0.726. The molecule has 0 aliphatic carbocycles. The number of aromatic nitrogens is 4. The van der Waals surface area contributed by atoms with E-state index >= 15 is 0 Å². The Bertz CT molecular complexity index is 912. The maximum Gasteiger partial charge on any atom is 0.228 e. The predicted molar refractivity (Wildman–Crippen MR) is 100 cm³/mol. The first-order valence-corrected chi connectivity index (χ1v) is 8.84. The fourth-order valence-corrected chi connectivity index (χ4v) is 3.42. The van der Waals surface area contributed by atoms with Gasteiger partial charge in [-0.3, -0.25) is 9.78 Å². The molecule has 1 fully saturated rings. The van der Waals surface area contributed by atoms with E-state index in [9.17, 15) is 4.79 Å². The lowest BCUT2D eigenvalue weighted by Crippen LogP contribution is -2.42. The molecule has 0 amide bonds. The summed E-state index contributed by atoms with van der Waals surface area (Å²) in [5.74, 6) is 1.07. The minimum atomic E-state index is -0.154. The van der Waals surface area contributed by atoms with Gasteiger partial charge in [-0.25, -0.2) is 9.97 Å². The van der Waals surface area contributed by atoms with Gasteiger partial charge in [-0.1, -0.05) is 0 Å². The molecule has 3 aromatic heterocycles. The van der Waals surface area contributed by atoms with Crippen LogP contribution in [-0.4, -0.2) is 63.8 Å². The Kier molecular flexibility index (Phi) is 4.38. The Balaban J connectivity index is 1.56. The summed E-state index contributed by atoms with van der Waals surface area (Å²) in [4.78, 5) is 33.2. The minimum Gasteiger partial charge on any atom is -0.356 e. The number of nitrogens with zero attached hydrogens (tertiary/aromatic N) is 5. The predicted octanol–water partition coefficient (Wildman–Crippen LogP) is 2.11. The first-order chi connectivity index (χ1) is 12.6. The molecule has 0 unspecified atom stereocenters. The molecule has 7 heteroatoms. The number of imidazole rings is 1. The Morgan fingerprint density at radius 3 is 2.54 bits per heavy atom. The van der Waals surface area contributed by atoms with E-state index in [1.165, 1.54) is 0 Å². The molecule has 3 aromatic rings. The molecule has 134 valence electrons. The van der Waals surface area contributed by atoms with Crippen molar-refractivity contribution < 1.29 is 4.79 Å². The molecule has 0 saturated carbocycles. The number of hydrogen-bond donors (Lipinski definition) is 1. The number of fused-ring (bicyclic) bond motifs is 1. The highest BCUT2D eigenvalue weighted by Gasteiger charge is 2.22. The number of ketones is 1. The van der Waals surface area contributed by atoms with Crippen LogP contribution in [0.15, 0.2) is 36.7 Å². The first-order valence-electron chi connectivity index (χ1n) is 8.84. The van der Waals surface area contributed by atoms with E-state index in [0.717, 1.165) is 37.3 Å². The summed E-state index contributed by atoms with van der Waals surface area (Å²) in [6.45, 7) is 1.96. The normalized spacial score (nSPS) is 15.7. The maximum absolute atomic E-state index is 12.5. The molecule has 1 N–H and O–H groups in total. The first kappa shape index (κ1) is 16.7. The van der Waals surface area contributed by atoms with Gasteiger partial charge in [0.2, 0.25) is 5.78 Å². The van der Waals surface area contributed by atoms with Gasteiger partial charge in [-0.2, -0.15) is 0 Å². The Morgan fingerprint density at radius 2 is 1.85 bits per heavy atom. The number of rotatable bonds is 4. The number of nitrogens with one attached hydrogen (secondary N) is 1. The van der Waals surface area contributed by atoms with E-state index in [0.29, 0.717) is 23.1 Å². The highest BCUT2D eigenvalue weighted by molar-refractivity contribution is 6.07. The van der Waals surface area contributed by atoms with Crippen molar-refractivity contribution in [3.8, 4) is 0 Å². The second kappa shape index (κ2) is 6.84. The zero-order valence-corrected chi connectivity index (χ0v) is 15.0. The third-order valence-corrected chi connectivity index (χ3v) is 5.01. The van der Waals surface area contributed by atoms with Crippen molar-refractivity contribution in [3.05, 3.63) is 48.0 Å². The number of anilines is 1. The van der Waals surface area contributed by atoms with Crippen molar-refractivity contribution in [1.29, 1.82) is 0 Å². The molecular weight excluding hydrogens is 328 g/mol. The molecule has 7 nitrogen and oxygen atoms in total. The summed E-state index contributed by atoms with van der Waals surface area (Å²) >= 11 is 0. The standard InChI is InChI=1S/C19H22N6O/c1-24(2)14-7-11-25(12-8-14)16-4-3-15-18(22-16)23-19(21-15)17(26)13-5-9-20-10-6-13/h3-6,9-10,14H,7-8,11-12H2,1-2H3,(H,21,22,23). The smallest absolute Gasteiger partial charge is 0.228 e. The lowest BCUT2D eigenvalue weighted by atomic mass is 10.0. The van der Waals surface area contributed by atoms with Gasteiger partial charge in [-0.05, 0) is 51.2 Å². The van der Waals surface area contributed by atoms with Crippen LogP contribution in [0.1, 0.15) is 29.0 Å². The third-order valence-electron chi connectivity index (χ3n) is 5.01. The largest absolute Gasteiger partial charge is 0.356 e. The fraction of sp³-hybridized carbons (Fsp3) is 0.368. The second-order valence-electron chi connectivity index (χ2n) is 6.87. The number of aromatic amines is 1. The van der Waals surface area contributed by atoms with Gasteiger partial charge in [-0.15, -0.1) is 0 Å². The van der Waals surface area contributed by atoms with Crippen molar-refractivity contribution in [3.63, 3.8) is 0 Å². The number of carbonyl (C=O) groups excluding carboxylic acids is 1. The zero-order chi connectivity index (χ0) is 18.1. The summed E-state index contributed by atoms with van der Waals surface area (Å²) in [6.07, 6.45) is 5.45. The van der Waals surface area contributed by atoms with Crippen LogP contribution in [0.5, 0.6) is 0 Å². The number of carbonyl (C=O) groups is 1. The van der Waals surface area contributed by atoms with Crippen molar-refractivity contribution in [1.82, 2.24) is 24.8 Å². The second-order valence-corrected chi connectivity index (χ2v) is 6.87. The summed E-state index contributed by atoms with van der Waals surface area (Å²) in [6, 6.07) is 7.94. The van der Waals surface area contributed by atoms with Crippen molar-refractivity contribution in [2.24, 2.45) is 0 Å². The van der Waals surface area contributed by atoms with Crippen molar-refractivity contribution >= 4 is 22.8 Å². The van der Waals surface area contributed by atoms with Gasteiger partial charge in [0.25, 0.3) is 0 Å². The van der Waals surface area contributed by atoms with Crippen LogP contribution in [-0.2, 0) is 0 Å². The van der Waals surface area contributed by atoms with Crippen LogP contribution in [0, 0.1) is 0 Å². The maximum atomic E-state index is 12.5. The van der Waals surface area contributed by atoms with E-state index in [-0.39, 0.29) is 5.78 Å². The van der Waals surface area contributed by atoms with Gasteiger partial charge in [0.05, 0.1) is 5.52 Å². The summed E-state index contributed by atoms with van der Waals surface area (Å²) in [5, 5.41) is 0. The molecule has 0 radical (unpaired) electrons. The van der Waals surface area contributed by atoms with Crippen LogP contribution in [0.4, 0.5) is 5.82 Å². The monoisotopic (exact) mass is 350 g/mol. The highest BCUT2D eigenvalue weighted by Crippen LogP contribution is 2.22. The average molecular weight is 350 g/mol. The summed E-state index contributed by atoms with van der Waals surface area (Å²) < 4.78 is 0. The zero-order valence-electron chi connectivity index (χ0n) is 15.0. The lowest BCUT2D eigenvalue weighted by molar-refractivity contribution is 0.103. The topological polar surface area (TPSA) is 78.0 Å². The SMILES string of the molecule is CN(C)C1CCN(c2ccc3[nH]c(C(=O)c4ccncc4)nc3n2)CC1. The number of pyridine rings is 2. The molecule has 0 spiro atoms. The number of H-pyrrole nitrogens is 1. The van der Waals surface area contributed by atoms with Crippen LogP contribution in [0.3, 0.4) is 0 Å². The highest BCUT2D eigenvalue weighted by atomic mass is 16.1. The lowest BCUT2D eigenvalue weighted by Gasteiger charge is -2.35. The molecule has 1 aliphatic heterocycles. The Labute approximate surface area is 152 Å². The Hall–Kier alpha value is -2.80. The van der Waals surface area contributed by atoms with E-state index in [1.807, 2.05) is 12.1 Å². The minimum absolute atomic E-state index is 0.154. The van der Waals surface area contributed by atoms with Crippen LogP contribution >= 0.6 is 0 Å². The fourth-order valence-electron chi connectivity index (χ4n) is 3.42. The molecule has 0 bridgehead atoms. The molecule has 0 atom stereocenters. The molecule has 0 aromatic carbocycles. The summed E-state index contributed by atoms with van der Waals surface area (Å²) in [5.41, 5.74) is 1.91. The molecular formula is C19H22N6O. The van der Waals surface area contributed by atoms with Gasteiger partial charge in [0.15, 0.2) is 11.5 Å². The average Bonchev–Trinajstić information content (AvgIpc) is 3.11. The van der Waals surface area contributed by atoms with Gasteiger partial charge >= 0.3 is 0 Å². The van der Waals surface area contributed by atoms with Crippen molar-refractivity contribution in [2.75, 3.05) is 32.1 Å². The van der Waals surface area contributed by atoms with E-state index < -0.39 is 0 Å². The Morgan fingerprint density at radius 1 is 1.12 bits per heavy atom. The molecule has 4 heterocycles. The van der Waals surface area contributed by atoms with Crippen LogP contribution in [0.25, 0.3) is 11.2 Å². The molecule has 1 aliphatic rings. The van der Waals surface area contributed by atoms with E-state index in [1.54, 1.807) is 24.5 Å². The van der Waals surface area contributed by atoms with E-state index in [4.69, 9.17) is 0 Å².